The Balaban J connectivity index is 1.30. The Hall–Kier alpha value is -0.720. The van der Waals surface area contributed by atoms with Crippen molar-refractivity contribution in [3.05, 3.63) is 23.8 Å². The number of allylic oxidation sites excluding steroid dienone is 4. The second kappa shape index (κ2) is 9.14. The van der Waals surface area contributed by atoms with Crippen molar-refractivity contribution in [3.63, 3.8) is 0 Å². The lowest BCUT2D eigenvalue weighted by atomic mass is 9.44. The van der Waals surface area contributed by atoms with E-state index in [2.05, 4.69) is 29.8 Å². The molecule has 0 radical (unpaired) electrons. The Kier molecular flexibility index (Phi) is 6.65. The van der Waals surface area contributed by atoms with Gasteiger partial charge in [-0.3, -0.25) is 14.4 Å². The number of aliphatic hydroxyl groups is 1. The largest absolute Gasteiger partial charge is 0.390 e. The average molecular weight is 658 g/mol. The Labute approximate surface area is 244 Å². The number of carbonyl (C=O) groups excluding carboxylic acids is 2. The molecule has 1 saturated heterocycles. The lowest BCUT2D eigenvalue weighted by Gasteiger charge is -2.62. The van der Waals surface area contributed by atoms with Gasteiger partial charge in [0, 0.05) is 46.2 Å². The molecule has 1 heterocycles. The number of rotatable bonds is 7. The number of ketones is 2. The quantitative estimate of drug-likeness (QED) is 0.233. The number of hydrogen-bond acceptors (Lipinski definition) is 7. The summed E-state index contributed by atoms with van der Waals surface area (Å²) in [5.74, 6) is -0.617. The van der Waals surface area contributed by atoms with Crippen LogP contribution >= 0.6 is 22.9 Å². The van der Waals surface area contributed by atoms with Crippen LogP contribution in [0.4, 0.5) is 4.39 Å². The maximum Gasteiger partial charge on any atom is 0.195 e. The van der Waals surface area contributed by atoms with Crippen molar-refractivity contribution in [3.8, 4) is 0 Å². The molecule has 0 aromatic heterocycles. The molecule has 216 valence electrons. The van der Waals surface area contributed by atoms with Gasteiger partial charge in [0.15, 0.2) is 28.6 Å². The summed E-state index contributed by atoms with van der Waals surface area (Å²) in [4.78, 5) is 32.2. The second-order valence-corrected chi connectivity index (χ2v) is 14.9. The molecule has 10 atom stereocenters. The zero-order valence-electron chi connectivity index (χ0n) is 23.5. The van der Waals surface area contributed by atoms with Gasteiger partial charge in [-0.15, -0.1) is 3.28 Å². The highest BCUT2D eigenvalue weighted by Gasteiger charge is 2.80. The van der Waals surface area contributed by atoms with E-state index in [1.54, 1.807) is 16.3 Å². The minimum absolute atomic E-state index is 0.0600. The van der Waals surface area contributed by atoms with E-state index in [9.17, 15) is 14.7 Å². The SMILES string of the molecule is CC1CC1CCN(I)OCC(=O)[C@@]12OC(C)(C)O[C@@H]1C[C@H]1[C@@H]3CCC4=CC(=O)C=C[C@]4(C)[C@@]3(F)[C@@H](O)C[C@@]12C. The van der Waals surface area contributed by atoms with Crippen LogP contribution in [-0.4, -0.2) is 62.4 Å². The van der Waals surface area contributed by atoms with E-state index in [0.29, 0.717) is 19.3 Å². The van der Waals surface area contributed by atoms with E-state index >= 15 is 4.39 Å². The summed E-state index contributed by atoms with van der Waals surface area (Å²) in [6.07, 6.45) is 6.60. The summed E-state index contributed by atoms with van der Waals surface area (Å²) in [6.45, 7) is 10.2. The number of fused-ring (bicyclic) bond motifs is 7. The number of Topliss-reactive ketones (excluding diaryl/α,β-unsaturated/α-hetero) is 1. The standard InChI is InChI=1S/C30H41FINO6/c1-17-12-18(17)9-11-33(32)37-16-24(36)30-25(38-26(2,3)39-30)14-22-21-7-6-19-13-20(34)8-10-27(19,4)29(21,31)23(35)15-28(22,30)5/h8,10,13,17-18,21-23,25,35H,6-7,9,11-12,14-16H2,1-5H3/t17?,18?,21-,22-,23-,25+,27-,28-,29-,30+/m0/s1. The summed E-state index contributed by atoms with van der Waals surface area (Å²) in [7, 11) is 0. The summed E-state index contributed by atoms with van der Waals surface area (Å²) >= 11 is 2.10. The fourth-order valence-corrected chi connectivity index (χ4v) is 9.60. The smallest absolute Gasteiger partial charge is 0.195 e. The van der Waals surface area contributed by atoms with Gasteiger partial charge < -0.3 is 14.6 Å². The number of aliphatic hydroxyl groups excluding tert-OH is 1. The first-order valence-corrected chi connectivity index (χ1v) is 15.4. The van der Waals surface area contributed by atoms with Crippen molar-refractivity contribution in [2.45, 2.75) is 102 Å². The van der Waals surface area contributed by atoms with Gasteiger partial charge >= 0.3 is 0 Å². The first-order chi connectivity index (χ1) is 18.2. The van der Waals surface area contributed by atoms with Gasteiger partial charge in [-0.05, 0) is 89.2 Å². The van der Waals surface area contributed by atoms with Gasteiger partial charge in [0.2, 0.25) is 0 Å². The van der Waals surface area contributed by atoms with Crippen LogP contribution in [0.2, 0.25) is 0 Å². The number of ether oxygens (including phenoxy) is 2. The lowest BCUT2D eigenvalue weighted by molar-refractivity contribution is -0.247. The Morgan fingerprint density at radius 3 is 2.67 bits per heavy atom. The Bertz CT molecular complexity index is 1140. The van der Waals surface area contributed by atoms with E-state index in [0.717, 1.165) is 30.4 Å². The molecule has 6 rings (SSSR count). The fraction of sp³-hybridized carbons (Fsp3) is 0.800. The third-order valence-electron chi connectivity index (χ3n) is 11.3. The van der Waals surface area contributed by atoms with Gasteiger partial charge in [-0.25, -0.2) is 4.39 Å². The fourth-order valence-electron chi connectivity index (χ4n) is 9.18. The second-order valence-electron chi connectivity index (χ2n) is 13.8. The highest BCUT2D eigenvalue weighted by molar-refractivity contribution is 14.1. The van der Waals surface area contributed by atoms with Crippen LogP contribution in [0.3, 0.4) is 0 Å². The monoisotopic (exact) mass is 657 g/mol. The molecule has 9 heteroatoms. The van der Waals surface area contributed by atoms with Crippen LogP contribution in [0.15, 0.2) is 23.8 Å². The third-order valence-corrected chi connectivity index (χ3v) is 12.1. The molecule has 5 aliphatic carbocycles. The van der Waals surface area contributed by atoms with E-state index in [1.807, 2.05) is 20.8 Å². The molecule has 5 fully saturated rings. The van der Waals surface area contributed by atoms with E-state index < -0.39 is 46.0 Å². The molecule has 0 amide bonds. The molecule has 2 unspecified atom stereocenters. The highest BCUT2D eigenvalue weighted by Crippen LogP contribution is 2.72. The number of hydroxylamine groups is 1. The lowest BCUT2D eigenvalue weighted by Crippen LogP contribution is -2.70. The van der Waals surface area contributed by atoms with E-state index in [-0.39, 0.29) is 30.5 Å². The molecular weight excluding hydrogens is 616 g/mol. The van der Waals surface area contributed by atoms with Crippen molar-refractivity contribution in [2.24, 2.45) is 34.5 Å². The van der Waals surface area contributed by atoms with Crippen LogP contribution in [0.5, 0.6) is 0 Å². The molecule has 4 saturated carbocycles. The molecule has 0 bridgehead atoms. The molecular formula is C30H41FINO6. The van der Waals surface area contributed by atoms with E-state index in [1.165, 1.54) is 18.6 Å². The zero-order chi connectivity index (χ0) is 28.2. The van der Waals surface area contributed by atoms with Crippen LogP contribution in [-0.2, 0) is 23.9 Å². The molecule has 1 aliphatic heterocycles. The molecule has 6 aliphatic rings. The predicted octanol–water partition coefficient (Wildman–Crippen LogP) is 5.06. The molecule has 1 N–H and O–H groups in total. The first kappa shape index (κ1) is 28.4. The van der Waals surface area contributed by atoms with Crippen LogP contribution in [0.25, 0.3) is 0 Å². The highest BCUT2D eigenvalue weighted by atomic mass is 127. The molecule has 0 aromatic rings. The topological polar surface area (TPSA) is 85.3 Å². The maximum absolute atomic E-state index is 17.5. The number of nitrogens with zero attached hydrogens (tertiary/aromatic N) is 1. The molecule has 39 heavy (non-hydrogen) atoms. The summed E-state index contributed by atoms with van der Waals surface area (Å²) in [6, 6.07) is 0. The normalized spacial score (nSPS) is 49.3. The van der Waals surface area contributed by atoms with Crippen LogP contribution in [0, 0.1) is 34.5 Å². The zero-order valence-corrected chi connectivity index (χ0v) is 25.7. The molecule has 0 spiro atoms. The minimum Gasteiger partial charge on any atom is -0.390 e. The maximum atomic E-state index is 17.5. The van der Waals surface area contributed by atoms with Gasteiger partial charge in [-0.2, -0.15) is 0 Å². The van der Waals surface area contributed by atoms with Gasteiger partial charge in [0.05, 0.1) is 12.2 Å². The van der Waals surface area contributed by atoms with Gasteiger partial charge in [-0.1, -0.05) is 25.5 Å². The minimum atomic E-state index is -1.97. The molecule has 0 aromatic carbocycles. The average Bonchev–Trinajstić information content (AvgIpc) is 3.42. The third kappa shape index (κ3) is 3.96. The van der Waals surface area contributed by atoms with Crippen LogP contribution < -0.4 is 0 Å². The van der Waals surface area contributed by atoms with Crippen molar-refractivity contribution in [1.82, 2.24) is 3.28 Å². The molecule has 7 nitrogen and oxygen atoms in total. The van der Waals surface area contributed by atoms with E-state index in [4.69, 9.17) is 14.3 Å². The van der Waals surface area contributed by atoms with Gasteiger partial charge in [0.1, 0.15) is 6.61 Å². The first-order valence-electron chi connectivity index (χ1n) is 14.5. The van der Waals surface area contributed by atoms with Crippen LogP contribution in [0.1, 0.15) is 73.1 Å². The number of alkyl halides is 1. The Morgan fingerprint density at radius 1 is 1.26 bits per heavy atom. The number of hydrogen-bond donors (Lipinski definition) is 1. The summed E-state index contributed by atoms with van der Waals surface area (Å²) in [5, 5.41) is 11.7. The van der Waals surface area contributed by atoms with Crippen molar-refractivity contribution in [2.75, 3.05) is 13.2 Å². The van der Waals surface area contributed by atoms with Crippen molar-refractivity contribution >= 4 is 34.4 Å². The van der Waals surface area contributed by atoms with Gasteiger partial charge in [0.25, 0.3) is 0 Å². The predicted molar refractivity (Wildman–Crippen MR) is 150 cm³/mol. The van der Waals surface area contributed by atoms with Crippen molar-refractivity contribution in [1.29, 1.82) is 0 Å². The summed E-state index contributed by atoms with van der Waals surface area (Å²) < 4.78 is 32.2. The number of halogens is 2. The summed E-state index contributed by atoms with van der Waals surface area (Å²) in [5.41, 5.74) is -4.50. The Morgan fingerprint density at radius 2 is 1.97 bits per heavy atom. The van der Waals surface area contributed by atoms with Crippen molar-refractivity contribution < 1.29 is 33.4 Å². The number of carbonyl (C=O) groups is 2.